The van der Waals surface area contributed by atoms with Crippen molar-refractivity contribution in [1.29, 1.82) is 0 Å². The van der Waals surface area contributed by atoms with Crippen LogP contribution in [0.25, 0.3) is 98.7 Å². The van der Waals surface area contributed by atoms with E-state index in [0.717, 1.165) is 19.4 Å². The summed E-state index contributed by atoms with van der Waals surface area (Å²) in [7, 11) is 0. The molecule has 1 aliphatic rings. The first-order valence-electron chi connectivity index (χ1n) is 21.6. The first kappa shape index (κ1) is 36.6. The van der Waals surface area contributed by atoms with E-state index in [-0.39, 0.29) is 0 Å². The average molecular weight is 780 g/mol. The lowest BCUT2D eigenvalue weighted by molar-refractivity contribution is 0.899. The van der Waals surface area contributed by atoms with Gasteiger partial charge in [0.1, 0.15) is 0 Å². The molecule has 1 heterocycles. The Bertz CT molecular complexity index is 3370. The van der Waals surface area contributed by atoms with Crippen LogP contribution in [-0.2, 0) is 6.54 Å². The van der Waals surface area contributed by atoms with Crippen molar-refractivity contribution in [1.82, 2.24) is 4.57 Å². The molecule has 9 aromatic carbocycles. The van der Waals surface area contributed by atoms with Crippen LogP contribution in [0.15, 0.2) is 218 Å². The number of aromatic nitrogens is 1. The number of para-hydroxylation sites is 2. The van der Waals surface area contributed by atoms with Gasteiger partial charge in [-0.25, -0.2) is 0 Å². The highest BCUT2D eigenvalue weighted by Gasteiger charge is 2.21. The summed E-state index contributed by atoms with van der Waals surface area (Å²) in [6.07, 6.45) is 15.8. The molecule has 1 heteroatoms. The number of nitrogens with zero attached hydrogens (tertiary/aromatic N) is 1. The molecule has 1 aliphatic carbocycles. The molecule has 1 nitrogen and oxygen atoms in total. The first-order valence-corrected chi connectivity index (χ1v) is 21.6. The summed E-state index contributed by atoms with van der Waals surface area (Å²) >= 11 is 0. The minimum absolute atomic E-state index is 0.784. The Kier molecular flexibility index (Phi) is 9.36. The molecule has 0 atom stereocenters. The molecule has 0 bridgehead atoms. The van der Waals surface area contributed by atoms with Crippen molar-refractivity contribution in [3.05, 3.63) is 230 Å². The van der Waals surface area contributed by atoms with Gasteiger partial charge < -0.3 is 4.57 Å². The molecule has 0 fully saturated rings. The van der Waals surface area contributed by atoms with Gasteiger partial charge >= 0.3 is 0 Å². The monoisotopic (exact) mass is 779 g/mol. The fraction of sp³-hybridized carbons (Fsp3) is 0.0667. The van der Waals surface area contributed by atoms with Gasteiger partial charge in [-0.2, -0.15) is 0 Å². The lowest BCUT2D eigenvalue weighted by Gasteiger charge is -2.21. The highest BCUT2D eigenvalue weighted by Crippen LogP contribution is 2.47. The summed E-state index contributed by atoms with van der Waals surface area (Å²) in [4.78, 5) is 0. The molecule has 0 N–H and O–H groups in total. The number of fused-ring (bicyclic) bond motifs is 7. The van der Waals surface area contributed by atoms with Crippen LogP contribution < -0.4 is 0 Å². The predicted octanol–water partition coefficient (Wildman–Crippen LogP) is 16.6. The quantitative estimate of drug-likeness (QED) is 0.107. The lowest BCUT2D eigenvalue weighted by Crippen LogP contribution is -1.96. The Labute approximate surface area is 357 Å². The zero-order valence-electron chi connectivity index (χ0n) is 34.4. The molecule has 0 aliphatic heterocycles. The second-order valence-electron chi connectivity index (χ2n) is 16.2. The summed E-state index contributed by atoms with van der Waals surface area (Å²) < 4.78 is 2.43. The molecule has 0 spiro atoms. The van der Waals surface area contributed by atoms with Crippen molar-refractivity contribution in [2.75, 3.05) is 0 Å². The van der Waals surface area contributed by atoms with Crippen molar-refractivity contribution >= 4 is 65.3 Å². The summed E-state index contributed by atoms with van der Waals surface area (Å²) in [5.41, 5.74) is 15.1. The zero-order chi connectivity index (χ0) is 40.7. The van der Waals surface area contributed by atoms with Crippen LogP contribution >= 0.6 is 0 Å². The molecule has 0 radical (unpaired) electrons. The van der Waals surface area contributed by atoms with E-state index in [9.17, 15) is 0 Å². The fourth-order valence-electron chi connectivity index (χ4n) is 9.81. The van der Waals surface area contributed by atoms with Gasteiger partial charge in [0.15, 0.2) is 0 Å². The number of hydrogen-bond donors (Lipinski definition) is 0. The topological polar surface area (TPSA) is 4.93 Å². The number of rotatable bonds is 8. The van der Waals surface area contributed by atoms with Gasteiger partial charge in [-0.05, 0) is 144 Å². The molecule has 0 unspecified atom stereocenters. The van der Waals surface area contributed by atoms with Crippen molar-refractivity contribution in [3.63, 3.8) is 0 Å². The molecule has 10 aromatic rings. The van der Waals surface area contributed by atoms with E-state index in [4.69, 9.17) is 0 Å². The van der Waals surface area contributed by atoms with Gasteiger partial charge in [0.25, 0.3) is 0 Å². The molecule has 0 amide bonds. The van der Waals surface area contributed by atoms with Crippen LogP contribution in [-0.4, -0.2) is 4.57 Å². The van der Waals surface area contributed by atoms with E-state index >= 15 is 0 Å². The Morgan fingerprint density at radius 1 is 0.508 bits per heavy atom. The maximum Gasteiger partial charge on any atom is 0.0494 e. The van der Waals surface area contributed by atoms with E-state index < -0.39 is 0 Å². The van der Waals surface area contributed by atoms with E-state index in [2.05, 4.69) is 230 Å². The molecule has 290 valence electrons. The maximum absolute atomic E-state index is 2.47. The summed E-state index contributed by atoms with van der Waals surface area (Å²) in [5, 5.41) is 10.2. The third-order valence-electron chi connectivity index (χ3n) is 12.7. The molecule has 0 saturated carbocycles. The van der Waals surface area contributed by atoms with Crippen LogP contribution in [0.3, 0.4) is 0 Å². The number of hydrogen-bond acceptors (Lipinski definition) is 0. The van der Waals surface area contributed by atoms with Crippen LogP contribution in [0, 0.1) is 0 Å². The van der Waals surface area contributed by atoms with Gasteiger partial charge in [-0.15, -0.1) is 0 Å². The van der Waals surface area contributed by atoms with Crippen LogP contribution in [0.2, 0.25) is 0 Å². The number of allylic oxidation sites excluding steroid dienone is 8. The minimum Gasteiger partial charge on any atom is -0.337 e. The highest BCUT2D eigenvalue weighted by atomic mass is 15.0. The number of benzene rings is 9. The van der Waals surface area contributed by atoms with Crippen LogP contribution in [0.1, 0.15) is 30.9 Å². The standard InChI is InChI=1S/C60H45N/c1-2-41(27-18-36-61-57-30-16-14-28-51(57)52-29-15-17-31-58(52)61)47-32-34-49-50-35-33-48(54-38-46-26-13-12-25-45(46)37-53(54)42-19-6-3-7-20-42)40-56(50)60(44-23-10-5-11-24-44)59(55(49)39-47)43-21-8-4-9-22-43/h2-6,8-19,21-35,37-40H,7,20,36H2,1H3/b27-18-,41-2+. The van der Waals surface area contributed by atoms with E-state index in [0.29, 0.717) is 0 Å². The SMILES string of the molecule is C/C=C(\C=C/Cn1c2ccccc2c2ccccc21)c1ccc2c(c1)c(-c1ccccc1)c(-c1ccccc1)c1cc(-c3cc4ccccc4cc3C3=CC=CCC3)ccc12. The third kappa shape index (κ3) is 6.51. The molecule has 1 aromatic heterocycles. The Morgan fingerprint density at radius 2 is 1.08 bits per heavy atom. The molecule has 61 heavy (non-hydrogen) atoms. The normalized spacial score (nSPS) is 13.3. The molecule has 0 saturated heterocycles. The smallest absolute Gasteiger partial charge is 0.0494 e. The minimum atomic E-state index is 0.784. The Morgan fingerprint density at radius 3 is 1.70 bits per heavy atom. The van der Waals surface area contributed by atoms with Gasteiger partial charge in [0, 0.05) is 28.4 Å². The summed E-state index contributed by atoms with van der Waals surface area (Å²) in [5.74, 6) is 0. The second kappa shape index (κ2) is 15.6. The second-order valence-corrected chi connectivity index (χ2v) is 16.2. The molecular weight excluding hydrogens is 735 g/mol. The van der Waals surface area contributed by atoms with Crippen molar-refractivity contribution in [2.45, 2.75) is 26.3 Å². The fourth-order valence-corrected chi connectivity index (χ4v) is 9.81. The van der Waals surface area contributed by atoms with Gasteiger partial charge in [0.2, 0.25) is 0 Å². The maximum atomic E-state index is 2.47. The van der Waals surface area contributed by atoms with Crippen LogP contribution in [0.5, 0.6) is 0 Å². The average Bonchev–Trinajstić information content (AvgIpc) is 3.65. The van der Waals surface area contributed by atoms with Crippen molar-refractivity contribution < 1.29 is 0 Å². The predicted molar refractivity (Wildman–Crippen MR) is 264 cm³/mol. The Balaban J connectivity index is 1.11. The zero-order valence-corrected chi connectivity index (χ0v) is 34.4. The van der Waals surface area contributed by atoms with Crippen LogP contribution in [0.4, 0.5) is 0 Å². The van der Waals surface area contributed by atoms with Crippen molar-refractivity contribution in [3.8, 4) is 33.4 Å². The summed E-state index contributed by atoms with van der Waals surface area (Å²) in [6, 6.07) is 67.4. The van der Waals surface area contributed by atoms with E-state index in [1.807, 2.05) is 0 Å². The van der Waals surface area contributed by atoms with E-state index in [1.54, 1.807) is 0 Å². The largest absolute Gasteiger partial charge is 0.337 e. The van der Waals surface area contributed by atoms with Crippen molar-refractivity contribution in [2.24, 2.45) is 0 Å². The first-order chi connectivity index (χ1) is 30.2. The molecular formula is C60H45N. The van der Waals surface area contributed by atoms with Gasteiger partial charge in [0.05, 0.1) is 0 Å². The molecule has 11 rings (SSSR count). The van der Waals surface area contributed by atoms with Gasteiger partial charge in [-0.3, -0.25) is 0 Å². The van der Waals surface area contributed by atoms with Gasteiger partial charge in [-0.1, -0.05) is 182 Å². The summed E-state index contributed by atoms with van der Waals surface area (Å²) in [6.45, 7) is 2.94. The van der Waals surface area contributed by atoms with E-state index in [1.165, 1.54) is 110 Å². The lowest BCUT2D eigenvalue weighted by atomic mass is 9.82. The highest BCUT2D eigenvalue weighted by molar-refractivity contribution is 6.22. The third-order valence-corrected chi connectivity index (χ3v) is 12.7. The Hall–Kier alpha value is -7.48.